The normalized spacial score (nSPS) is 11.4. The average molecular weight is 616 g/mol. The summed E-state index contributed by atoms with van der Waals surface area (Å²) in [5.41, 5.74) is 12.0. The lowest BCUT2D eigenvalue weighted by molar-refractivity contribution is 1.48. The Balaban J connectivity index is 1.42. The van der Waals surface area contributed by atoms with Gasteiger partial charge in [-0.3, -0.25) is 0 Å². The molecule has 47 heavy (non-hydrogen) atoms. The van der Waals surface area contributed by atoms with Gasteiger partial charge in [0.25, 0.3) is 0 Å². The highest BCUT2D eigenvalue weighted by Gasteiger charge is 2.21. The Morgan fingerprint density at radius 2 is 0.809 bits per heavy atom. The van der Waals surface area contributed by atoms with Gasteiger partial charge in [0.05, 0.1) is 10.2 Å². The summed E-state index contributed by atoms with van der Waals surface area (Å²) in [6.07, 6.45) is 0. The molecule has 0 unspecified atom stereocenters. The molecular weight excluding hydrogens is 587 g/mol. The first-order valence-electron chi connectivity index (χ1n) is 16.0. The Bertz CT molecular complexity index is 2530. The predicted molar refractivity (Wildman–Crippen MR) is 202 cm³/mol. The minimum atomic E-state index is 1.04. The summed E-state index contributed by atoms with van der Waals surface area (Å²) in [7, 11) is 0. The summed E-state index contributed by atoms with van der Waals surface area (Å²) in [5, 5.41) is 5.97. The van der Waals surface area contributed by atoms with Crippen molar-refractivity contribution in [1.82, 2.24) is 4.98 Å². The van der Waals surface area contributed by atoms with Crippen LogP contribution in [0, 0.1) is 0 Å². The molecule has 0 N–H and O–H groups in total. The second-order valence-corrected chi connectivity index (χ2v) is 12.9. The fourth-order valence-corrected chi connectivity index (χ4v) is 7.99. The molecule has 0 amide bonds. The van der Waals surface area contributed by atoms with Crippen LogP contribution in [0.5, 0.6) is 0 Å². The number of aromatic nitrogens is 1. The lowest BCUT2D eigenvalue weighted by Crippen LogP contribution is -1.94. The van der Waals surface area contributed by atoms with Crippen LogP contribution in [0.4, 0.5) is 0 Å². The van der Waals surface area contributed by atoms with Crippen molar-refractivity contribution in [3.8, 4) is 55.1 Å². The minimum Gasteiger partial charge on any atom is -0.236 e. The Morgan fingerprint density at radius 1 is 0.340 bits per heavy atom. The van der Waals surface area contributed by atoms with Crippen LogP contribution >= 0.6 is 11.3 Å². The third kappa shape index (κ3) is 4.74. The zero-order chi connectivity index (χ0) is 31.2. The van der Waals surface area contributed by atoms with E-state index in [0.717, 1.165) is 16.1 Å². The highest BCUT2D eigenvalue weighted by atomic mass is 32.1. The minimum absolute atomic E-state index is 1.04. The zero-order valence-electron chi connectivity index (χ0n) is 25.6. The standard InChI is InChI=1S/C45H29NS/c1-3-15-30(16-4-1)33-19-7-9-21-35(33)43-37-23-11-12-24-38(37)44(36-22-10-8-20-34(36)31-17-5-2-6-18-31)40-29-32(27-28-39(40)43)45-46-41-25-13-14-26-42(41)47-45/h1-29H. The van der Waals surface area contributed by atoms with Crippen LogP contribution in [-0.2, 0) is 0 Å². The van der Waals surface area contributed by atoms with Crippen molar-refractivity contribution in [2.75, 3.05) is 0 Å². The van der Waals surface area contributed by atoms with E-state index in [1.165, 1.54) is 70.8 Å². The summed E-state index contributed by atoms with van der Waals surface area (Å²) in [6.45, 7) is 0. The van der Waals surface area contributed by atoms with E-state index >= 15 is 0 Å². The predicted octanol–water partition coefficient (Wildman–Crippen LogP) is 12.9. The summed E-state index contributed by atoms with van der Waals surface area (Å²) in [4.78, 5) is 5.07. The maximum absolute atomic E-state index is 5.07. The highest BCUT2D eigenvalue weighted by molar-refractivity contribution is 7.21. The molecule has 0 spiro atoms. The molecule has 1 heterocycles. The summed E-state index contributed by atoms with van der Waals surface area (Å²) in [6, 6.07) is 63.5. The maximum atomic E-state index is 5.07. The lowest BCUT2D eigenvalue weighted by atomic mass is 9.82. The first-order valence-corrected chi connectivity index (χ1v) is 16.8. The molecule has 8 aromatic carbocycles. The van der Waals surface area contributed by atoms with Crippen molar-refractivity contribution in [1.29, 1.82) is 0 Å². The highest BCUT2D eigenvalue weighted by Crippen LogP contribution is 2.48. The monoisotopic (exact) mass is 615 g/mol. The van der Waals surface area contributed by atoms with Crippen molar-refractivity contribution < 1.29 is 0 Å². The van der Waals surface area contributed by atoms with Gasteiger partial charge >= 0.3 is 0 Å². The molecule has 0 fully saturated rings. The second-order valence-electron chi connectivity index (χ2n) is 11.9. The van der Waals surface area contributed by atoms with Gasteiger partial charge in [-0.15, -0.1) is 11.3 Å². The molecule has 2 heteroatoms. The van der Waals surface area contributed by atoms with Gasteiger partial charge in [0.2, 0.25) is 0 Å². The van der Waals surface area contributed by atoms with Crippen molar-refractivity contribution >= 4 is 43.1 Å². The molecule has 1 nitrogen and oxygen atoms in total. The quantitative estimate of drug-likeness (QED) is 0.176. The van der Waals surface area contributed by atoms with Crippen LogP contribution < -0.4 is 0 Å². The molecule has 0 bridgehead atoms. The van der Waals surface area contributed by atoms with Crippen molar-refractivity contribution in [3.63, 3.8) is 0 Å². The Labute approximate surface area is 278 Å². The Kier molecular flexibility index (Phi) is 6.73. The van der Waals surface area contributed by atoms with Gasteiger partial charge in [0, 0.05) is 5.56 Å². The lowest BCUT2D eigenvalue weighted by Gasteiger charge is -2.21. The number of benzene rings is 8. The van der Waals surface area contributed by atoms with Gasteiger partial charge in [-0.2, -0.15) is 0 Å². The van der Waals surface area contributed by atoms with Gasteiger partial charge in [0.1, 0.15) is 5.01 Å². The molecule has 9 aromatic rings. The molecule has 0 radical (unpaired) electrons. The molecule has 220 valence electrons. The Morgan fingerprint density at radius 3 is 1.40 bits per heavy atom. The van der Waals surface area contributed by atoms with E-state index in [0.29, 0.717) is 0 Å². The molecule has 9 rings (SSSR count). The van der Waals surface area contributed by atoms with Crippen LogP contribution in [0.15, 0.2) is 176 Å². The average Bonchev–Trinajstić information content (AvgIpc) is 3.59. The van der Waals surface area contributed by atoms with Gasteiger partial charge in [-0.25, -0.2) is 4.98 Å². The van der Waals surface area contributed by atoms with Crippen molar-refractivity contribution in [2.45, 2.75) is 0 Å². The summed E-state index contributed by atoms with van der Waals surface area (Å²) >= 11 is 1.75. The number of fused-ring (bicyclic) bond motifs is 3. The van der Waals surface area contributed by atoms with Crippen molar-refractivity contribution in [3.05, 3.63) is 176 Å². The van der Waals surface area contributed by atoms with E-state index in [9.17, 15) is 0 Å². The van der Waals surface area contributed by atoms with Crippen LogP contribution in [-0.4, -0.2) is 4.98 Å². The van der Waals surface area contributed by atoms with E-state index in [2.05, 4.69) is 176 Å². The number of hydrogen-bond donors (Lipinski definition) is 0. The number of para-hydroxylation sites is 1. The zero-order valence-corrected chi connectivity index (χ0v) is 26.4. The number of hydrogen-bond acceptors (Lipinski definition) is 2. The van der Waals surface area contributed by atoms with Crippen molar-refractivity contribution in [2.24, 2.45) is 0 Å². The second kappa shape index (κ2) is 11.5. The van der Waals surface area contributed by atoms with E-state index in [1.807, 2.05) is 0 Å². The van der Waals surface area contributed by atoms with E-state index < -0.39 is 0 Å². The topological polar surface area (TPSA) is 12.9 Å². The first-order chi connectivity index (χ1) is 23.3. The molecular formula is C45H29NS. The molecule has 1 aromatic heterocycles. The summed E-state index contributed by atoms with van der Waals surface area (Å²) < 4.78 is 1.20. The van der Waals surface area contributed by atoms with Gasteiger partial charge in [-0.05, 0) is 84.3 Å². The van der Waals surface area contributed by atoms with Crippen LogP contribution in [0.1, 0.15) is 0 Å². The number of rotatable bonds is 5. The number of nitrogens with zero attached hydrogens (tertiary/aromatic N) is 1. The van der Waals surface area contributed by atoms with Crippen LogP contribution in [0.3, 0.4) is 0 Å². The van der Waals surface area contributed by atoms with Gasteiger partial charge < -0.3 is 0 Å². The molecule has 0 saturated heterocycles. The van der Waals surface area contributed by atoms with E-state index in [4.69, 9.17) is 4.98 Å². The van der Waals surface area contributed by atoms with Crippen LogP contribution in [0.25, 0.3) is 86.8 Å². The third-order valence-corrected chi connectivity index (χ3v) is 10.2. The SMILES string of the molecule is c1ccc(-c2ccccc2-c2c3ccccc3c(-c3ccccc3-c3ccccc3)c3cc(-c4nc5ccccc5s4)ccc23)cc1. The molecule has 0 aliphatic heterocycles. The third-order valence-electron chi connectivity index (χ3n) is 9.13. The maximum Gasteiger partial charge on any atom is 0.124 e. The molecule has 0 atom stereocenters. The van der Waals surface area contributed by atoms with Crippen LogP contribution in [0.2, 0.25) is 0 Å². The summed E-state index contributed by atoms with van der Waals surface area (Å²) in [5.74, 6) is 0. The largest absolute Gasteiger partial charge is 0.236 e. The first kappa shape index (κ1) is 27.5. The van der Waals surface area contributed by atoms with E-state index in [-0.39, 0.29) is 0 Å². The van der Waals surface area contributed by atoms with Gasteiger partial charge in [-0.1, -0.05) is 158 Å². The van der Waals surface area contributed by atoms with E-state index in [1.54, 1.807) is 11.3 Å². The molecule has 0 saturated carbocycles. The fourth-order valence-electron chi connectivity index (χ4n) is 7.03. The number of thiazole rings is 1. The molecule has 0 aliphatic carbocycles. The van der Waals surface area contributed by atoms with Gasteiger partial charge in [0.15, 0.2) is 0 Å². The smallest absolute Gasteiger partial charge is 0.124 e. The molecule has 0 aliphatic rings. The fraction of sp³-hybridized carbons (Fsp3) is 0. The Hall–Kier alpha value is -5.83.